The van der Waals surface area contributed by atoms with Gasteiger partial charge in [-0.25, -0.2) is 5.43 Å². The highest BCUT2D eigenvalue weighted by molar-refractivity contribution is 5.90. The number of hydrogen-bond acceptors (Lipinski definition) is 3. The molecule has 3 aromatic rings. The van der Waals surface area contributed by atoms with Crippen LogP contribution in [0.3, 0.4) is 0 Å². The Kier molecular flexibility index (Phi) is 4.19. The van der Waals surface area contributed by atoms with E-state index in [2.05, 4.69) is 21.7 Å². The van der Waals surface area contributed by atoms with Crippen molar-refractivity contribution in [1.82, 2.24) is 15.2 Å². The average molecular weight is 306 g/mol. The predicted molar refractivity (Wildman–Crippen MR) is 91.4 cm³/mol. The Morgan fingerprint density at radius 1 is 1.17 bits per heavy atom. The lowest BCUT2D eigenvalue weighted by molar-refractivity contribution is -0.121. The first-order valence-electron chi connectivity index (χ1n) is 7.43. The number of benzene rings is 2. The van der Waals surface area contributed by atoms with Crippen LogP contribution in [0.1, 0.15) is 17.0 Å². The number of carbonyl (C=O) groups excluding carboxylic acids is 1. The summed E-state index contributed by atoms with van der Waals surface area (Å²) in [6.07, 6.45) is 1.64. The van der Waals surface area contributed by atoms with Gasteiger partial charge in [0.05, 0.1) is 11.9 Å². The van der Waals surface area contributed by atoms with Gasteiger partial charge in [-0.15, -0.1) is 0 Å². The highest BCUT2D eigenvalue weighted by Gasteiger charge is 2.05. The molecule has 0 aliphatic carbocycles. The Morgan fingerprint density at radius 3 is 2.70 bits per heavy atom. The number of nitrogens with one attached hydrogen (secondary N) is 1. The molecule has 116 valence electrons. The van der Waals surface area contributed by atoms with Crippen molar-refractivity contribution in [2.75, 3.05) is 0 Å². The second-order valence-electron chi connectivity index (χ2n) is 5.48. The molecule has 1 heterocycles. The fourth-order valence-electron chi connectivity index (χ4n) is 2.47. The molecular weight excluding hydrogens is 288 g/mol. The zero-order chi connectivity index (χ0) is 16.2. The summed E-state index contributed by atoms with van der Waals surface area (Å²) in [7, 11) is 0. The molecule has 0 fully saturated rings. The molecule has 5 heteroatoms. The molecule has 0 aliphatic rings. The standard InChI is InChI=1S/C18H18N4O/c1-13-9-14(2)22(21-13)12-18(23)20-19-11-15-7-8-16-5-3-4-6-17(16)10-15/h3-11H,12H2,1-2H3,(H,20,23)/b19-11+. The first kappa shape index (κ1) is 15.0. The summed E-state index contributed by atoms with van der Waals surface area (Å²) in [4.78, 5) is 11.9. The van der Waals surface area contributed by atoms with Gasteiger partial charge in [0.25, 0.3) is 5.91 Å². The van der Waals surface area contributed by atoms with Gasteiger partial charge < -0.3 is 0 Å². The van der Waals surface area contributed by atoms with E-state index in [1.165, 1.54) is 5.39 Å². The summed E-state index contributed by atoms with van der Waals surface area (Å²) >= 11 is 0. The highest BCUT2D eigenvalue weighted by Crippen LogP contribution is 2.14. The van der Waals surface area contributed by atoms with E-state index in [0.29, 0.717) is 0 Å². The zero-order valence-electron chi connectivity index (χ0n) is 13.2. The quantitative estimate of drug-likeness (QED) is 0.595. The van der Waals surface area contributed by atoms with E-state index < -0.39 is 0 Å². The highest BCUT2D eigenvalue weighted by atomic mass is 16.2. The lowest BCUT2D eigenvalue weighted by Gasteiger charge is -2.03. The van der Waals surface area contributed by atoms with Gasteiger partial charge in [-0.3, -0.25) is 9.48 Å². The first-order valence-corrected chi connectivity index (χ1v) is 7.43. The number of rotatable bonds is 4. The lowest BCUT2D eigenvalue weighted by Crippen LogP contribution is -2.24. The summed E-state index contributed by atoms with van der Waals surface area (Å²) in [5.41, 5.74) is 5.33. The summed E-state index contributed by atoms with van der Waals surface area (Å²) in [5.74, 6) is -0.201. The minimum absolute atomic E-state index is 0.161. The van der Waals surface area contributed by atoms with Gasteiger partial charge >= 0.3 is 0 Å². The zero-order valence-corrected chi connectivity index (χ0v) is 13.2. The Balaban J connectivity index is 1.63. The maximum atomic E-state index is 11.9. The van der Waals surface area contributed by atoms with Gasteiger partial charge in [0.1, 0.15) is 6.54 Å². The first-order chi connectivity index (χ1) is 11.1. The predicted octanol–water partition coefficient (Wildman–Crippen LogP) is 2.80. The van der Waals surface area contributed by atoms with Crippen LogP contribution in [0.15, 0.2) is 53.6 Å². The van der Waals surface area contributed by atoms with Gasteiger partial charge in [0, 0.05) is 5.69 Å². The number of aryl methyl sites for hydroxylation is 2. The summed E-state index contributed by atoms with van der Waals surface area (Å²) < 4.78 is 1.66. The number of aromatic nitrogens is 2. The molecular formula is C18H18N4O. The Bertz CT molecular complexity index is 880. The van der Waals surface area contributed by atoms with E-state index in [0.717, 1.165) is 22.3 Å². The molecule has 0 spiro atoms. The Labute approximate surface area is 134 Å². The van der Waals surface area contributed by atoms with Crippen LogP contribution < -0.4 is 5.43 Å². The summed E-state index contributed by atoms with van der Waals surface area (Å²) in [6, 6.07) is 16.1. The molecule has 0 bridgehead atoms. The maximum Gasteiger partial charge on any atom is 0.261 e. The van der Waals surface area contributed by atoms with Crippen LogP contribution in [0.4, 0.5) is 0 Å². The van der Waals surface area contributed by atoms with E-state index in [1.54, 1.807) is 10.9 Å². The van der Waals surface area contributed by atoms with E-state index in [-0.39, 0.29) is 12.5 Å². The smallest absolute Gasteiger partial charge is 0.261 e. The second-order valence-corrected chi connectivity index (χ2v) is 5.48. The molecule has 0 unspecified atom stereocenters. The van der Waals surface area contributed by atoms with Gasteiger partial charge in [-0.05, 0) is 42.3 Å². The minimum atomic E-state index is -0.201. The topological polar surface area (TPSA) is 59.3 Å². The Hall–Kier alpha value is -2.95. The third kappa shape index (κ3) is 3.63. The van der Waals surface area contributed by atoms with Crippen LogP contribution in [0.25, 0.3) is 10.8 Å². The van der Waals surface area contributed by atoms with Gasteiger partial charge in [0.15, 0.2) is 0 Å². The molecule has 1 N–H and O–H groups in total. The normalized spacial score (nSPS) is 11.2. The fraction of sp³-hybridized carbons (Fsp3) is 0.167. The summed E-state index contributed by atoms with van der Waals surface area (Å²) in [6.45, 7) is 3.99. The van der Waals surface area contributed by atoms with Crippen LogP contribution in [0, 0.1) is 13.8 Å². The Morgan fingerprint density at radius 2 is 1.96 bits per heavy atom. The van der Waals surface area contributed by atoms with Crippen LogP contribution >= 0.6 is 0 Å². The molecule has 23 heavy (non-hydrogen) atoms. The number of hydrazone groups is 1. The van der Waals surface area contributed by atoms with E-state index >= 15 is 0 Å². The maximum absolute atomic E-state index is 11.9. The second kappa shape index (κ2) is 6.44. The van der Waals surface area contributed by atoms with Crippen molar-refractivity contribution < 1.29 is 4.79 Å². The van der Waals surface area contributed by atoms with E-state index in [9.17, 15) is 4.79 Å². The van der Waals surface area contributed by atoms with Crippen molar-refractivity contribution in [2.45, 2.75) is 20.4 Å². The average Bonchev–Trinajstić information content (AvgIpc) is 2.84. The summed E-state index contributed by atoms with van der Waals surface area (Å²) in [5, 5.41) is 10.6. The monoisotopic (exact) mass is 306 g/mol. The van der Waals surface area contributed by atoms with Crippen molar-refractivity contribution in [3.8, 4) is 0 Å². The van der Waals surface area contributed by atoms with Crippen LogP contribution in [-0.4, -0.2) is 21.9 Å². The van der Waals surface area contributed by atoms with Gasteiger partial charge in [0.2, 0.25) is 0 Å². The lowest BCUT2D eigenvalue weighted by atomic mass is 10.1. The third-order valence-electron chi connectivity index (χ3n) is 3.57. The largest absolute Gasteiger partial charge is 0.271 e. The van der Waals surface area contributed by atoms with E-state index in [1.807, 2.05) is 56.3 Å². The number of hydrogen-bond donors (Lipinski definition) is 1. The van der Waals surface area contributed by atoms with Crippen molar-refractivity contribution in [1.29, 1.82) is 0 Å². The van der Waals surface area contributed by atoms with Crippen molar-refractivity contribution >= 4 is 22.9 Å². The van der Waals surface area contributed by atoms with E-state index in [4.69, 9.17) is 0 Å². The molecule has 0 radical (unpaired) electrons. The molecule has 0 atom stereocenters. The molecule has 0 aliphatic heterocycles. The molecule has 0 saturated heterocycles. The van der Waals surface area contributed by atoms with Crippen LogP contribution in [-0.2, 0) is 11.3 Å². The fourth-order valence-corrected chi connectivity index (χ4v) is 2.47. The molecule has 0 saturated carbocycles. The molecule has 3 rings (SSSR count). The molecule has 1 amide bonds. The third-order valence-corrected chi connectivity index (χ3v) is 3.57. The van der Waals surface area contributed by atoms with Gasteiger partial charge in [-0.2, -0.15) is 10.2 Å². The molecule has 1 aromatic heterocycles. The molecule has 2 aromatic carbocycles. The van der Waals surface area contributed by atoms with Gasteiger partial charge in [-0.1, -0.05) is 36.4 Å². The SMILES string of the molecule is Cc1cc(C)n(CC(=O)N/N=C/c2ccc3ccccc3c2)n1. The minimum Gasteiger partial charge on any atom is -0.271 e. The number of nitrogens with zero attached hydrogens (tertiary/aromatic N) is 3. The van der Waals surface area contributed by atoms with Crippen molar-refractivity contribution in [3.63, 3.8) is 0 Å². The number of amides is 1. The number of fused-ring (bicyclic) bond motifs is 1. The molecule has 5 nitrogen and oxygen atoms in total. The van der Waals surface area contributed by atoms with Crippen molar-refractivity contribution in [3.05, 3.63) is 65.5 Å². The van der Waals surface area contributed by atoms with Crippen LogP contribution in [0.5, 0.6) is 0 Å². The number of carbonyl (C=O) groups is 1. The van der Waals surface area contributed by atoms with Crippen molar-refractivity contribution in [2.24, 2.45) is 5.10 Å². The van der Waals surface area contributed by atoms with Crippen LogP contribution in [0.2, 0.25) is 0 Å².